The van der Waals surface area contributed by atoms with E-state index in [1.807, 2.05) is 37.1 Å². The van der Waals surface area contributed by atoms with Crippen molar-refractivity contribution in [2.45, 2.75) is 81.6 Å². The zero-order valence-electron chi connectivity index (χ0n) is 33.3. The van der Waals surface area contributed by atoms with Gasteiger partial charge in [0.05, 0.1) is 17.5 Å². The predicted molar refractivity (Wildman–Crippen MR) is 219 cm³/mol. The molecule has 304 valence electrons. The molecule has 2 aromatic rings. The van der Waals surface area contributed by atoms with Gasteiger partial charge in [-0.3, -0.25) is 19.4 Å². The number of anilines is 1. The summed E-state index contributed by atoms with van der Waals surface area (Å²) in [5, 5.41) is -0.0679. The minimum absolute atomic E-state index is 0.132. The van der Waals surface area contributed by atoms with E-state index in [0.717, 1.165) is 88.6 Å². The third kappa shape index (κ3) is 7.49. The van der Waals surface area contributed by atoms with Crippen molar-refractivity contribution in [2.75, 3.05) is 77.5 Å². The van der Waals surface area contributed by atoms with Crippen molar-refractivity contribution in [1.29, 1.82) is 0 Å². The van der Waals surface area contributed by atoms with Crippen molar-refractivity contribution in [2.24, 2.45) is 17.8 Å². The molecule has 0 aromatic heterocycles. The van der Waals surface area contributed by atoms with Crippen molar-refractivity contribution in [3.63, 3.8) is 0 Å². The molecule has 8 rings (SSSR count). The van der Waals surface area contributed by atoms with E-state index in [2.05, 4.69) is 43.7 Å². The molecule has 0 radical (unpaired) electrons. The maximum atomic E-state index is 13.7. The Labute approximate surface area is 337 Å². The Bertz CT molecular complexity index is 1980. The summed E-state index contributed by atoms with van der Waals surface area (Å²) in [7, 11) is -2.15. The number of rotatable bonds is 3. The van der Waals surface area contributed by atoms with Gasteiger partial charge in [0, 0.05) is 95.0 Å². The van der Waals surface area contributed by atoms with Crippen molar-refractivity contribution in [1.82, 2.24) is 19.4 Å². The molecule has 3 fully saturated rings. The number of hydrogen-bond donors (Lipinski definition) is 1. The monoisotopic (exact) mass is 807 g/mol. The maximum Gasteiger partial charge on any atom is 0.264 e. The number of methoxy groups -OCH3 is 1. The van der Waals surface area contributed by atoms with Crippen LogP contribution in [0.25, 0.3) is 0 Å². The lowest BCUT2D eigenvalue weighted by Gasteiger charge is -2.53. The van der Waals surface area contributed by atoms with Crippen molar-refractivity contribution >= 4 is 39.1 Å². The van der Waals surface area contributed by atoms with E-state index < -0.39 is 26.8 Å². The molecule has 7 atom stereocenters. The molecule has 56 heavy (non-hydrogen) atoms. The number of allylic oxidation sites excluding steroid dienone is 1. The van der Waals surface area contributed by atoms with Crippen LogP contribution in [0.15, 0.2) is 48.6 Å². The van der Waals surface area contributed by atoms with Gasteiger partial charge in [0.15, 0.2) is 0 Å². The summed E-state index contributed by atoms with van der Waals surface area (Å²) in [6.07, 6.45) is 9.89. The van der Waals surface area contributed by atoms with Gasteiger partial charge in [-0.1, -0.05) is 36.7 Å². The highest BCUT2D eigenvalue weighted by atomic mass is 35.5. The average molecular weight is 808 g/mol. The van der Waals surface area contributed by atoms with Gasteiger partial charge >= 0.3 is 0 Å². The van der Waals surface area contributed by atoms with Gasteiger partial charge in [0.2, 0.25) is 15.9 Å². The van der Waals surface area contributed by atoms with Crippen LogP contribution in [0.1, 0.15) is 74.4 Å². The molecule has 0 unspecified atom stereocenters. The molecular weight excluding hydrogens is 750 g/mol. The second kappa shape index (κ2) is 15.5. The summed E-state index contributed by atoms with van der Waals surface area (Å²) in [5.41, 5.74) is 2.74. The van der Waals surface area contributed by atoms with E-state index in [1.165, 1.54) is 11.1 Å². The smallest absolute Gasteiger partial charge is 0.264 e. The molecule has 4 heterocycles. The van der Waals surface area contributed by atoms with Crippen LogP contribution in [-0.4, -0.2) is 124 Å². The third-order valence-electron chi connectivity index (χ3n) is 14.3. The van der Waals surface area contributed by atoms with Gasteiger partial charge in [-0.05, 0) is 105 Å². The summed E-state index contributed by atoms with van der Waals surface area (Å²) >= 11 is 6.52. The Morgan fingerprint density at radius 1 is 1.05 bits per heavy atom. The van der Waals surface area contributed by atoms with Crippen LogP contribution in [0.4, 0.5) is 5.69 Å². The van der Waals surface area contributed by atoms with Gasteiger partial charge in [-0.2, -0.15) is 0 Å². The van der Waals surface area contributed by atoms with Gasteiger partial charge in [-0.25, -0.2) is 13.1 Å². The minimum atomic E-state index is -3.99. The Kier molecular flexibility index (Phi) is 11.0. The first-order chi connectivity index (χ1) is 26.8. The zero-order valence-corrected chi connectivity index (χ0v) is 34.9. The Morgan fingerprint density at radius 2 is 1.88 bits per heavy atom. The van der Waals surface area contributed by atoms with E-state index >= 15 is 0 Å². The van der Waals surface area contributed by atoms with Crippen LogP contribution in [0, 0.1) is 17.8 Å². The van der Waals surface area contributed by atoms with Crippen LogP contribution in [-0.2, 0) is 31.4 Å². The molecule has 1 saturated carbocycles. The van der Waals surface area contributed by atoms with Crippen LogP contribution in [0.3, 0.4) is 0 Å². The van der Waals surface area contributed by atoms with Crippen molar-refractivity contribution in [3.05, 3.63) is 70.3 Å². The van der Waals surface area contributed by atoms with E-state index in [0.29, 0.717) is 43.3 Å². The number of hydrogen-bond acceptors (Lipinski definition) is 9. The molecule has 1 N–H and O–H groups in total. The van der Waals surface area contributed by atoms with E-state index in [9.17, 15) is 18.0 Å². The molecular formula is C43H58ClN5O6S. The summed E-state index contributed by atoms with van der Waals surface area (Å²) in [6.45, 7) is 13.1. The number of aryl methyl sites for hydroxylation is 1. The number of halogens is 1. The number of piperazine rings is 2. The van der Waals surface area contributed by atoms with E-state index in [4.69, 9.17) is 21.1 Å². The summed E-state index contributed by atoms with van der Waals surface area (Å²) in [4.78, 5) is 35.5. The molecule has 13 heteroatoms. The minimum Gasteiger partial charge on any atom is -0.490 e. The first-order valence-electron chi connectivity index (χ1n) is 20.6. The fourth-order valence-corrected chi connectivity index (χ4v) is 12.1. The molecule has 11 nitrogen and oxygen atoms in total. The fraction of sp³-hybridized carbons (Fsp3) is 0.628. The maximum absolute atomic E-state index is 13.7. The normalized spacial score (nSPS) is 34.2. The number of sulfonamides is 1. The third-order valence-corrected chi connectivity index (χ3v) is 16.5. The number of nitrogens with one attached hydrogen (secondary N) is 1. The van der Waals surface area contributed by atoms with Gasteiger partial charge < -0.3 is 19.3 Å². The Morgan fingerprint density at radius 3 is 2.64 bits per heavy atom. The standard InChI is InChI=1S/C43H58ClN5O6S/c1-29-7-5-16-43(54-4,27-46-17-18-47-19-20-48(31(3)50)25-36(47)24-46)38-12-9-34(38)23-49-26-42(15-6-8-32-21-35(44)11-13-37(32)42)28-55-40-14-10-33(22-39(40)49)41(51)45-56(52,53)30(29)2/h5,10-11,13-14,16,21-22,29-30,34,36,38H,6-9,12,15,17-20,23-28H2,1-4H3,(H,45,51)/b16-5+/t29-,30+,34-,36+,38+,42-,43+/m0/s1. The van der Waals surface area contributed by atoms with Crippen LogP contribution in [0.5, 0.6) is 5.75 Å². The first kappa shape index (κ1) is 39.7. The topological polar surface area (TPSA) is 112 Å². The van der Waals surface area contributed by atoms with E-state index in [1.54, 1.807) is 19.9 Å². The second-order valence-corrected chi connectivity index (χ2v) is 20.1. The fourth-order valence-electron chi connectivity index (χ4n) is 10.6. The second-order valence-electron chi connectivity index (χ2n) is 17.6. The molecule has 1 spiro atoms. The van der Waals surface area contributed by atoms with E-state index in [-0.39, 0.29) is 29.2 Å². The van der Waals surface area contributed by atoms with Crippen LogP contribution >= 0.6 is 11.6 Å². The summed E-state index contributed by atoms with van der Waals surface area (Å²) in [6, 6.07) is 11.9. The lowest BCUT2D eigenvalue weighted by Crippen LogP contribution is -2.65. The number of fused-ring (bicyclic) bond motifs is 5. The number of ether oxygens (including phenoxy) is 2. The highest BCUT2D eigenvalue weighted by Gasteiger charge is 2.50. The lowest BCUT2D eigenvalue weighted by atomic mass is 9.63. The number of carbonyl (C=O) groups excluding carboxylic acids is 2. The van der Waals surface area contributed by atoms with Crippen LogP contribution in [0.2, 0.25) is 5.02 Å². The summed E-state index contributed by atoms with van der Waals surface area (Å²) in [5.74, 6) is 0.452. The largest absolute Gasteiger partial charge is 0.490 e. The molecule has 2 amide bonds. The quantitative estimate of drug-likeness (QED) is 0.423. The van der Waals surface area contributed by atoms with Crippen molar-refractivity contribution in [3.8, 4) is 5.75 Å². The number of benzene rings is 2. The predicted octanol–water partition coefficient (Wildman–Crippen LogP) is 5.12. The zero-order chi connectivity index (χ0) is 39.4. The molecule has 2 bridgehead atoms. The highest BCUT2D eigenvalue weighted by molar-refractivity contribution is 7.90. The molecule has 2 aliphatic carbocycles. The number of carbonyl (C=O) groups is 2. The Balaban J connectivity index is 1.17. The molecule has 6 aliphatic rings. The summed E-state index contributed by atoms with van der Waals surface area (Å²) < 4.78 is 43.2. The SMILES string of the molecule is CO[C@@]1(CN2CCN3CCN(C(C)=O)C[C@H]3C2)/C=C/C[C@H](C)[C@@H](C)S(=O)(=O)NC(=O)c2ccc3c(c2)N(C[C@@H]2CC[C@H]21)C[C@@]1(CCCc2cc(Cl)ccc21)CO3. The van der Waals surface area contributed by atoms with Gasteiger partial charge in [0.25, 0.3) is 5.91 Å². The molecule has 2 saturated heterocycles. The van der Waals surface area contributed by atoms with Crippen molar-refractivity contribution < 1.29 is 27.5 Å². The molecule has 2 aromatic carbocycles. The van der Waals surface area contributed by atoms with Gasteiger partial charge in [0.1, 0.15) is 11.4 Å². The Hall–Kier alpha value is -3.16. The number of nitrogens with zero attached hydrogens (tertiary/aromatic N) is 4. The molecule has 4 aliphatic heterocycles. The number of amides is 2. The average Bonchev–Trinajstić information content (AvgIpc) is 3.31. The van der Waals surface area contributed by atoms with Gasteiger partial charge in [-0.15, -0.1) is 0 Å². The first-order valence-corrected chi connectivity index (χ1v) is 22.5. The highest BCUT2D eigenvalue weighted by Crippen LogP contribution is 2.49. The van der Waals surface area contributed by atoms with Crippen LogP contribution < -0.4 is 14.4 Å². The lowest BCUT2D eigenvalue weighted by molar-refractivity contribution is -0.134.